The Morgan fingerprint density at radius 3 is 2.85 bits per heavy atom. The summed E-state index contributed by atoms with van der Waals surface area (Å²) < 4.78 is 15.1. The Balaban J connectivity index is 1.77. The topological polar surface area (TPSA) is 58.4 Å². The first-order valence-corrected chi connectivity index (χ1v) is 9.15. The van der Waals surface area contributed by atoms with Gasteiger partial charge in [0.2, 0.25) is 0 Å². The van der Waals surface area contributed by atoms with Crippen molar-refractivity contribution < 1.29 is 14.3 Å². The number of carbonyl (C=O) groups excluding carboxylic acids is 1. The lowest BCUT2D eigenvalue weighted by Crippen LogP contribution is -2.47. The molecule has 0 spiro atoms. The molecule has 1 saturated heterocycles. The van der Waals surface area contributed by atoms with Crippen LogP contribution in [0.15, 0.2) is 24.3 Å². The highest BCUT2D eigenvalue weighted by Gasteiger charge is 2.32. The Kier molecular flexibility index (Phi) is 5.41. The van der Waals surface area contributed by atoms with E-state index < -0.39 is 6.10 Å². The molecule has 2 heterocycles. The monoisotopic (exact) mass is 359 g/mol. The number of hydrogen-bond donors (Lipinski definition) is 1. The SMILES string of the molecule is CCc1nn(C)c(C(=O)N2CC[C@H](O)[C@H](Cc3cccc(F)c3)C2)c1C. The van der Waals surface area contributed by atoms with Crippen molar-refractivity contribution in [2.45, 2.75) is 39.2 Å². The zero-order valence-electron chi connectivity index (χ0n) is 15.6. The molecule has 0 bridgehead atoms. The van der Waals surface area contributed by atoms with Crippen LogP contribution in [0.5, 0.6) is 0 Å². The van der Waals surface area contributed by atoms with E-state index in [1.54, 1.807) is 22.7 Å². The van der Waals surface area contributed by atoms with Crippen molar-refractivity contribution in [1.82, 2.24) is 14.7 Å². The fraction of sp³-hybridized carbons (Fsp3) is 0.500. The number of aliphatic hydroxyl groups is 1. The molecule has 3 rings (SSSR count). The zero-order chi connectivity index (χ0) is 18.8. The Labute approximate surface area is 153 Å². The lowest BCUT2D eigenvalue weighted by molar-refractivity contribution is 0.0235. The maximum Gasteiger partial charge on any atom is 0.272 e. The number of piperidine rings is 1. The number of hydrogen-bond acceptors (Lipinski definition) is 3. The lowest BCUT2D eigenvalue weighted by Gasteiger charge is -2.36. The smallest absolute Gasteiger partial charge is 0.272 e. The molecule has 1 amide bonds. The van der Waals surface area contributed by atoms with Crippen LogP contribution in [0.4, 0.5) is 4.39 Å². The van der Waals surface area contributed by atoms with E-state index in [9.17, 15) is 14.3 Å². The molecule has 2 atom stereocenters. The first-order valence-electron chi connectivity index (χ1n) is 9.15. The van der Waals surface area contributed by atoms with Gasteiger partial charge in [-0.1, -0.05) is 19.1 Å². The Hall–Kier alpha value is -2.21. The number of amides is 1. The molecular formula is C20H26FN3O2. The minimum atomic E-state index is -0.485. The molecule has 140 valence electrons. The van der Waals surface area contributed by atoms with Gasteiger partial charge in [-0.2, -0.15) is 5.10 Å². The summed E-state index contributed by atoms with van der Waals surface area (Å²) in [5, 5.41) is 14.8. The fourth-order valence-corrected chi connectivity index (χ4v) is 3.84. The maximum absolute atomic E-state index is 13.4. The third-order valence-electron chi connectivity index (χ3n) is 5.29. The van der Waals surface area contributed by atoms with Crippen molar-refractivity contribution in [2.24, 2.45) is 13.0 Å². The van der Waals surface area contributed by atoms with E-state index in [1.165, 1.54) is 12.1 Å². The van der Waals surface area contributed by atoms with Crippen molar-refractivity contribution in [1.29, 1.82) is 0 Å². The van der Waals surface area contributed by atoms with Gasteiger partial charge in [0.05, 0.1) is 11.8 Å². The van der Waals surface area contributed by atoms with Gasteiger partial charge in [-0.25, -0.2) is 4.39 Å². The van der Waals surface area contributed by atoms with Crippen molar-refractivity contribution in [3.63, 3.8) is 0 Å². The van der Waals surface area contributed by atoms with Crippen LogP contribution in [-0.4, -0.2) is 44.9 Å². The van der Waals surface area contributed by atoms with Gasteiger partial charge in [-0.3, -0.25) is 9.48 Å². The number of carbonyl (C=O) groups is 1. The van der Waals surface area contributed by atoms with Gasteiger partial charge < -0.3 is 10.0 Å². The number of likely N-dealkylation sites (tertiary alicyclic amines) is 1. The summed E-state index contributed by atoms with van der Waals surface area (Å²) >= 11 is 0. The van der Waals surface area contributed by atoms with Gasteiger partial charge in [0, 0.05) is 31.6 Å². The average molecular weight is 359 g/mol. The molecule has 1 aromatic heterocycles. The van der Waals surface area contributed by atoms with E-state index in [1.807, 2.05) is 19.9 Å². The van der Waals surface area contributed by atoms with Crippen LogP contribution in [0.2, 0.25) is 0 Å². The van der Waals surface area contributed by atoms with E-state index in [-0.39, 0.29) is 17.6 Å². The molecule has 1 N–H and O–H groups in total. The number of halogens is 1. The van der Waals surface area contributed by atoms with E-state index in [2.05, 4.69) is 5.10 Å². The van der Waals surface area contributed by atoms with Gasteiger partial charge in [0.25, 0.3) is 5.91 Å². The fourth-order valence-electron chi connectivity index (χ4n) is 3.84. The predicted octanol–water partition coefficient (Wildman–Crippen LogP) is 2.50. The third-order valence-corrected chi connectivity index (χ3v) is 5.29. The number of aryl methyl sites for hydroxylation is 2. The highest BCUT2D eigenvalue weighted by molar-refractivity contribution is 5.94. The summed E-state index contributed by atoms with van der Waals surface area (Å²) in [4.78, 5) is 14.8. The van der Waals surface area contributed by atoms with Gasteiger partial charge >= 0.3 is 0 Å². The molecule has 2 aromatic rings. The number of nitrogens with zero attached hydrogens (tertiary/aromatic N) is 3. The summed E-state index contributed by atoms with van der Waals surface area (Å²) in [6.07, 6.45) is 1.38. The molecular weight excluding hydrogens is 333 g/mol. The summed E-state index contributed by atoms with van der Waals surface area (Å²) in [7, 11) is 1.79. The molecule has 1 aliphatic heterocycles. The van der Waals surface area contributed by atoms with E-state index in [0.717, 1.165) is 23.2 Å². The lowest BCUT2D eigenvalue weighted by atomic mass is 9.88. The Morgan fingerprint density at radius 1 is 1.42 bits per heavy atom. The van der Waals surface area contributed by atoms with Crippen molar-refractivity contribution in [3.8, 4) is 0 Å². The van der Waals surface area contributed by atoms with Crippen LogP contribution in [0.1, 0.15) is 40.7 Å². The van der Waals surface area contributed by atoms with Crippen molar-refractivity contribution in [3.05, 3.63) is 52.6 Å². The van der Waals surface area contributed by atoms with Crippen molar-refractivity contribution >= 4 is 5.91 Å². The van der Waals surface area contributed by atoms with Crippen LogP contribution in [0.3, 0.4) is 0 Å². The molecule has 0 unspecified atom stereocenters. The van der Waals surface area contributed by atoms with Crippen LogP contribution in [0.25, 0.3) is 0 Å². The Morgan fingerprint density at radius 2 is 2.19 bits per heavy atom. The molecule has 6 heteroatoms. The van der Waals surface area contributed by atoms with Crippen LogP contribution < -0.4 is 0 Å². The minimum Gasteiger partial charge on any atom is -0.393 e. The zero-order valence-corrected chi connectivity index (χ0v) is 15.6. The molecule has 5 nitrogen and oxygen atoms in total. The van der Waals surface area contributed by atoms with Crippen LogP contribution >= 0.6 is 0 Å². The molecule has 26 heavy (non-hydrogen) atoms. The molecule has 0 radical (unpaired) electrons. The van der Waals surface area contributed by atoms with E-state index >= 15 is 0 Å². The van der Waals surface area contributed by atoms with E-state index in [0.29, 0.717) is 31.6 Å². The molecule has 1 fully saturated rings. The van der Waals surface area contributed by atoms with Gasteiger partial charge in [0.1, 0.15) is 11.5 Å². The molecule has 0 aliphatic carbocycles. The summed E-state index contributed by atoms with van der Waals surface area (Å²) in [6.45, 7) is 4.94. The Bertz CT molecular complexity index is 802. The highest BCUT2D eigenvalue weighted by Crippen LogP contribution is 2.24. The number of aromatic nitrogens is 2. The predicted molar refractivity (Wildman–Crippen MR) is 97.4 cm³/mol. The van der Waals surface area contributed by atoms with E-state index in [4.69, 9.17) is 0 Å². The van der Waals surface area contributed by atoms with Gasteiger partial charge in [-0.15, -0.1) is 0 Å². The molecule has 0 saturated carbocycles. The summed E-state index contributed by atoms with van der Waals surface area (Å²) in [6, 6.07) is 6.43. The second kappa shape index (κ2) is 7.58. The normalized spacial score (nSPS) is 20.4. The molecule has 1 aromatic carbocycles. The first kappa shape index (κ1) is 18.6. The first-order chi connectivity index (χ1) is 12.4. The summed E-state index contributed by atoms with van der Waals surface area (Å²) in [5.74, 6) is -0.430. The number of benzene rings is 1. The maximum atomic E-state index is 13.4. The van der Waals surface area contributed by atoms with Crippen LogP contribution in [0, 0.1) is 18.7 Å². The largest absolute Gasteiger partial charge is 0.393 e. The van der Waals surface area contributed by atoms with Gasteiger partial charge in [-0.05, 0) is 43.9 Å². The van der Waals surface area contributed by atoms with Crippen LogP contribution in [-0.2, 0) is 19.9 Å². The highest BCUT2D eigenvalue weighted by atomic mass is 19.1. The number of aliphatic hydroxyl groups excluding tert-OH is 1. The average Bonchev–Trinajstić information content (AvgIpc) is 2.90. The molecule has 1 aliphatic rings. The minimum absolute atomic E-state index is 0.0478. The quantitative estimate of drug-likeness (QED) is 0.912. The van der Waals surface area contributed by atoms with Gasteiger partial charge in [0.15, 0.2) is 0 Å². The second-order valence-corrected chi connectivity index (χ2v) is 7.10. The summed E-state index contributed by atoms with van der Waals surface area (Å²) in [5.41, 5.74) is 3.31. The standard InChI is InChI=1S/C20H26FN3O2/c1-4-17-13(2)19(23(3)22-17)20(26)24-9-8-18(25)15(12-24)10-14-6-5-7-16(21)11-14/h5-7,11,15,18,25H,4,8-10,12H2,1-3H3/t15-,18+/m1/s1. The second-order valence-electron chi connectivity index (χ2n) is 7.10. The third kappa shape index (κ3) is 3.65. The number of rotatable bonds is 4. The van der Waals surface area contributed by atoms with Crippen molar-refractivity contribution in [2.75, 3.05) is 13.1 Å².